The van der Waals surface area contributed by atoms with Crippen molar-refractivity contribution < 1.29 is 18.0 Å². The van der Waals surface area contributed by atoms with Gasteiger partial charge in [-0.05, 0) is 49.1 Å². The van der Waals surface area contributed by atoms with Crippen molar-refractivity contribution in [1.29, 1.82) is 0 Å². The van der Waals surface area contributed by atoms with Crippen LogP contribution in [0.2, 0.25) is 0 Å². The summed E-state index contributed by atoms with van der Waals surface area (Å²) in [5.41, 5.74) is 1.70. The third kappa shape index (κ3) is 5.10. The van der Waals surface area contributed by atoms with E-state index in [4.69, 9.17) is 0 Å². The monoisotopic (exact) mass is 372 g/mol. The smallest absolute Gasteiger partial charge is 0.326 e. The molecule has 1 N–H and O–H groups in total. The Morgan fingerprint density at radius 3 is 2.63 bits per heavy atom. The summed E-state index contributed by atoms with van der Waals surface area (Å²) in [6, 6.07) is 12.2. The van der Waals surface area contributed by atoms with Gasteiger partial charge in [0, 0.05) is 23.4 Å². The van der Waals surface area contributed by atoms with E-state index in [1.54, 1.807) is 42.6 Å². The van der Waals surface area contributed by atoms with Gasteiger partial charge in [-0.2, -0.15) is 13.2 Å². The molecule has 1 heterocycles. The molecule has 3 rings (SSSR count). The van der Waals surface area contributed by atoms with Crippen LogP contribution in [0.3, 0.4) is 0 Å². The summed E-state index contributed by atoms with van der Waals surface area (Å²) in [6.07, 6.45) is -1.29. The third-order valence-corrected chi connectivity index (χ3v) is 4.65. The summed E-state index contributed by atoms with van der Waals surface area (Å²) in [5, 5.41) is 2.63. The lowest BCUT2D eigenvalue weighted by Crippen LogP contribution is -2.39. The summed E-state index contributed by atoms with van der Waals surface area (Å²) >= 11 is 0. The number of nitrogens with zero attached hydrogens (tertiary/aromatic N) is 1. The Balaban J connectivity index is 1.72. The minimum absolute atomic E-state index is 0.0111. The SMILES string of the molecule is O=C(Nc1cccc(C#Cc2ccccn2)c1)C1CCCCC1C(F)(F)F. The molecule has 1 fully saturated rings. The number of anilines is 1. The Bertz CT molecular complexity index is 853. The minimum atomic E-state index is -4.35. The van der Waals surface area contributed by atoms with Crippen molar-refractivity contribution in [2.75, 3.05) is 5.32 Å². The van der Waals surface area contributed by atoms with Crippen molar-refractivity contribution in [2.45, 2.75) is 31.9 Å². The van der Waals surface area contributed by atoms with Crippen molar-refractivity contribution in [3.8, 4) is 11.8 Å². The first-order valence-electron chi connectivity index (χ1n) is 8.84. The Morgan fingerprint density at radius 1 is 1.07 bits per heavy atom. The summed E-state index contributed by atoms with van der Waals surface area (Å²) in [7, 11) is 0. The van der Waals surface area contributed by atoms with E-state index in [9.17, 15) is 18.0 Å². The van der Waals surface area contributed by atoms with Crippen LogP contribution in [0.4, 0.5) is 18.9 Å². The number of hydrogen-bond acceptors (Lipinski definition) is 2. The molecule has 2 unspecified atom stereocenters. The van der Waals surface area contributed by atoms with Gasteiger partial charge < -0.3 is 5.32 Å². The van der Waals surface area contributed by atoms with Gasteiger partial charge in [-0.3, -0.25) is 4.79 Å². The number of alkyl halides is 3. The van der Waals surface area contributed by atoms with Gasteiger partial charge in [0.25, 0.3) is 0 Å². The lowest BCUT2D eigenvalue weighted by molar-refractivity contribution is -0.197. The normalized spacial score (nSPS) is 19.7. The lowest BCUT2D eigenvalue weighted by atomic mass is 9.78. The van der Waals surface area contributed by atoms with Gasteiger partial charge in [-0.15, -0.1) is 0 Å². The Morgan fingerprint density at radius 2 is 1.89 bits per heavy atom. The number of benzene rings is 1. The fourth-order valence-corrected chi connectivity index (χ4v) is 3.32. The molecule has 1 aromatic heterocycles. The van der Waals surface area contributed by atoms with Crippen LogP contribution in [-0.4, -0.2) is 17.1 Å². The number of rotatable bonds is 2. The topological polar surface area (TPSA) is 42.0 Å². The molecule has 0 spiro atoms. The molecule has 0 saturated heterocycles. The Kier molecular flexibility index (Phi) is 5.80. The van der Waals surface area contributed by atoms with Crippen molar-refractivity contribution >= 4 is 11.6 Å². The number of carbonyl (C=O) groups is 1. The average Bonchev–Trinajstić information content (AvgIpc) is 2.67. The molecule has 27 heavy (non-hydrogen) atoms. The molecular weight excluding hydrogens is 353 g/mol. The van der Waals surface area contributed by atoms with E-state index in [-0.39, 0.29) is 12.8 Å². The van der Waals surface area contributed by atoms with Crippen LogP contribution in [0, 0.1) is 23.7 Å². The van der Waals surface area contributed by atoms with Crippen molar-refractivity contribution in [3.05, 3.63) is 59.9 Å². The first kappa shape index (κ1) is 19.0. The third-order valence-electron chi connectivity index (χ3n) is 4.65. The highest BCUT2D eigenvalue weighted by atomic mass is 19.4. The van der Waals surface area contributed by atoms with E-state index < -0.39 is 23.9 Å². The molecule has 140 valence electrons. The van der Waals surface area contributed by atoms with Gasteiger partial charge in [0.1, 0.15) is 5.69 Å². The molecule has 1 aromatic carbocycles. The number of halogens is 3. The summed E-state index contributed by atoms with van der Waals surface area (Å²) in [5.74, 6) is 2.66. The number of hydrogen-bond donors (Lipinski definition) is 1. The predicted octanol–water partition coefficient (Wildman–Crippen LogP) is 4.79. The average molecular weight is 372 g/mol. The van der Waals surface area contributed by atoms with E-state index in [1.807, 2.05) is 6.07 Å². The maximum absolute atomic E-state index is 13.2. The molecule has 0 bridgehead atoms. The van der Waals surface area contributed by atoms with Crippen LogP contribution in [0.1, 0.15) is 36.9 Å². The summed E-state index contributed by atoms with van der Waals surface area (Å²) < 4.78 is 39.6. The van der Waals surface area contributed by atoms with E-state index in [2.05, 4.69) is 22.1 Å². The van der Waals surface area contributed by atoms with Gasteiger partial charge >= 0.3 is 6.18 Å². The lowest BCUT2D eigenvalue weighted by Gasteiger charge is -2.32. The fourth-order valence-electron chi connectivity index (χ4n) is 3.32. The zero-order valence-electron chi connectivity index (χ0n) is 14.6. The molecule has 0 aliphatic heterocycles. The fraction of sp³-hybridized carbons (Fsp3) is 0.333. The van der Waals surface area contributed by atoms with E-state index in [0.29, 0.717) is 29.8 Å². The van der Waals surface area contributed by atoms with Crippen LogP contribution in [0.15, 0.2) is 48.7 Å². The minimum Gasteiger partial charge on any atom is -0.326 e. The van der Waals surface area contributed by atoms with Crippen molar-refractivity contribution in [1.82, 2.24) is 4.98 Å². The zero-order valence-corrected chi connectivity index (χ0v) is 14.6. The number of amides is 1. The van der Waals surface area contributed by atoms with Crippen molar-refractivity contribution in [2.24, 2.45) is 11.8 Å². The van der Waals surface area contributed by atoms with Gasteiger partial charge in [0.2, 0.25) is 5.91 Å². The maximum atomic E-state index is 13.2. The predicted molar refractivity (Wildman–Crippen MR) is 96.8 cm³/mol. The van der Waals surface area contributed by atoms with Crippen LogP contribution in [0.5, 0.6) is 0 Å². The molecule has 2 aromatic rings. The highest BCUT2D eigenvalue weighted by Crippen LogP contribution is 2.41. The first-order chi connectivity index (χ1) is 12.9. The first-order valence-corrected chi connectivity index (χ1v) is 8.84. The zero-order chi connectivity index (χ0) is 19.3. The molecular formula is C21H19F3N2O. The van der Waals surface area contributed by atoms with Gasteiger partial charge in [-0.1, -0.05) is 30.9 Å². The maximum Gasteiger partial charge on any atom is 0.392 e. The molecule has 1 amide bonds. The Labute approximate surface area is 156 Å². The number of pyridine rings is 1. The standard InChI is InChI=1S/C21H19F3N2O/c22-21(23,24)19-10-2-1-9-18(19)20(27)26-17-8-5-6-15(14-17)11-12-16-7-3-4-13-25-16/h3-8,13-14,18-19H,1-2,9-10H2,(H,26,27). The second-order valence-electron chi connectivity index (χ2n) is 6.57. The number of carbonyl (C=O) groups excluding carboxylic acids is 1. The second-order valence-corrected chi connectivity index (χ2v) is 6.57. The summed E-state index contributed by atoms with van der Waals surface area (Å²) in [4.78, 5) is 16.6. The Hall–Kier alpha value is -2.81. The molecule has 1 aliphatic rings. The highest BCUT2D eigenvalue weighted by molar-refractivity contribution is 5.93. The second kappa shape index (κ2) is 8.26. The molecule has 6 heteroatoms. The van der Waals surface area contributed by atoms with Gasteiger partial charge in [0.05, 0.1) is 5.92 Å². The van der Waals surface area contributed by atoms with E-state index >= 15 is 0 Å². The molecule has 1 saturated carbocycles. The number of aromatic nitrogens is 1. The van der Waals surface area contributed by atoms with Crippen LogP contribution in [-0.2, 0) is 4.79 Å². The van der Waals surface area contributed by atoms with Gasteiger partial charge in [-0.25, -0.2) is 4.98 Å². The van der Waals surface area contributed by atoms with E-state index in [1.165, 1.54) is 0 Å². The molecule has 2 atom stereocenters. The number of nitrogens with one attached hydrogen (secondary N) is 1. The van der Waals surface area contributed by atoms with E-state index in [0.717, 1.165) is 0 Å². The van der Waals surface area contributed by atoms with Crippen molar-refractivity contribution in [3.63, 3.8) is 0 Å². The largest absolute Gasteiger partial charge is 0.392 e. The summed E-state index contributed by atoms with van der Waals surface area (Å²) in [6.45, 7) is 0. The van der Waals surface area contributed by atoms with Crippen LogP contribution in [0.25, 0.3) is 0 Å². The molecule has 3 nitrogen and oxygen atoms in total. The highest BCUT2D eigenvalue weighted by Gasteiger charge is 2.48. The van der Waals surface area contributed by atoms with Crippen LogP contribution >= 0.6 is 0 Å². The quantitative estimate of drug-likeness (QED) is 0.771. The van der Waals surface area contributed by atoms with Gasteiger partial charge in [0.15, 0.2) is 0 Å². The molecule has 0 radical (unpaired) electrons. The molecule has 1 aliphatic carbocycles. The van der Waals surface area contributed by atoms with Crippen LogP contribution < -0.4 is 5.32 Å².